The summed E-state index contributed by atoms with van der Waals surface area (Å²) in [5.41, 5.74) is 0. The average Bonchev–Trinajstić information content (AvgIpc) is 1.69. The molecule has 3 aliphatic rings. The molecule has 0 radical (unpaired) electrons. The third kappa shape index (κ3) is 32.0. The van der Waals surface area contributed by atoms with Gasteiger partial charge in [-0.2, -0.15) is 0 Å². The minimum atomic E-state index is -1.98. The molecule has 0 spiro atoms. The van der Waals surface area contributed by atoms with Gasteiger partial charge in [0, 0.05) is 6.42 Å². The molecule has 500 valence electrons. The van der Waals surface area contributed by atoms with Gasteiger partial charge in [0.25, 0.3) is 0 Å². The predicted molar refractivity (Wildman–Crippen MR) is 337 cm³/mol. The molecule has 0 aromatic rings. The molecule has 19 nitrogen and oxygen atoms in total. The first-order valence-electron chi connectivity index (χ1n) is 33.0. The van der Waals surface area contributed by atoms with Crippen molar-refractivity contribution in [2.24, 2.45) is 0 Å². The zero-order valence-corrected chi connectivity index (χ0v) is 52.5. The molecule has 0 saturated carbocycles. The summed E-state index contributed by atoms with van der Waals surface area (Å²) in [5.74, 6) is -0.272. The number of allylic oxidation sites excluding steroid dienone is 16. The fourth-order valence-corrected chi connectivity index (χ4v) is 10.6. The number of nitrogens with one attached hydrogen (secondary N) is 1. The van der Waals surface area contributed by atoms with E-state index in [0.29, 0.717) is 19.3 Å². The van der Waals surface area contributed by atoms with Gasteiger partial charge in [-0.15, -0.1) is 0 Å². The van der Waals surface area contributed by atoms with Gasteiger partial charge in [0.05, 0.1) is 38.6 Å². The Labute approximate surface area is 520 Å². The summed E-state index contributed by atoms with van der Waals surface area (Å²) in [4.78, 5) is 13.4. The van der Waals surface area contributed by atoms with E-state index in [9.17, 15) is 61.0 Å². The number of hydrogen-bond acceptors (Lipinski definition) is 18. The SMILES string of the molecule is CC/C=C\C/C=C\C/C=C\C/C=C\C/C=C\C/C=C\C/C=C\C/C=C\CCCCCCC(=O)NC(COC1OC(CO)C(OC2OC(CO)C(OC3OC(CO)C(O)C(O)C3O)C(O)C2O)C(O)C1O)C(O)CCCCCCCCCCCCCCC. The first-order chi connectivity index (χ1) is 42.3. The summed E-state index contributed by atoms with van der Waals surface area (Å²) in [5, 5.41) is 120. The van der Waals surface area contributed by atoms with Crippen molar-refractivity contribution in [3.8, 4) is 0 Å². The lowest BCUT2D eigenvalue weighted by atomic mass is 9.96. The first-order valence-corrected chi connectivity index (χ1v) is 33.0. The Bertz CT molecular complexity index is 1960. The van der Waals surface area contributed by atoms with Crippen molar-refractivity contribution >= 4 is 5.91 Å². The summed E-state index contributed by atoms with van der Waals surface area (Å²) < 4.78 is 34.3. The van der Waals surface area contributed by atoms with E-state index in [1.54, 1.807) is 0 Å². The first kappa shape index (κ1) is 78.0. The minimum Gasteiger partial charge on any atom is -0.394 e. The Morgan fingerprint density at radius 3 is 1.24 bits per heavy atom. The molecule has 3 saturated heterocycles. The molecule has 19 heteroatoms. The third-order valence-corrected chi connectivity index (χ3v) is 15.9. The van der Waals surface area contributed by atoms with Crippen LogP contribution in [-0.4, -0.2) is 193 Å². The van der Waals surface area contributed by atoms with Gasteiger partial charge in [0.15, 0.2) is 18.9 Å². The number of unbranched alkanes of at least 4 members (excludes halogenated alkanes) is 16. The Morgan fingerprint density at radius 1 is 0.425 bits per heavy atom. The molecule has 3 aliphatic heterocycles. The van der Waals surface area contributed by atoms with Crippen molar-refractivity contribution in [3.63, 3.8) is 0 Å². The maximum atomic E-state index is 13.4. The quantitative estimate of drug-likeness (QED) is 0.0205. The van der Waals surface area contributed by atoms with Crippen molar-refractivity contribution in [2.45, 2.75) is 298 Å². The lowest BCUT2D eigenvalue weighted by molar-refractivity contribution is -0.379. The van der Waals surface area contributed by atoms with Crippen LogP contribution in [0.2, 0.25) is 0 Å². The summed E-state index contributed by atoms with van der Waals surface area (Å²) in [6.07, 6.45) is 36.3. The summed E-state index contributed by atoms with van der Waals surface area (Å²) >= 11 is 0. The van der Waals surface area contributed by atoms with Crippen LogP contribution < -0.4 is 5.32 Å². The normalized spacial score (nSPS) is 29.2. The standard InChI is InChI=1S/C68H115NO18/c1-3-5-7-9-11-13-15-17-18-19-20-21-22-23-24-25-26-27-28-29-30-31-32-34-36-38-40-42-44-46-56(74)69-51(52(73)45-43-41-39-37-35-33-16-14-12-10-8-6-4-2)50-82-66-62(80)59(77)64(54(48-71)84-66)87-68-63(81)60(78)65(55(49-72)85-68)86-67-61(79)58(76)57(75)53(47-70)83-67/h5,7,11,13,17-18,20-21,23-24,26-27,29-30,32,34,51-55,57-68,70-73,75-81H,3-4,6,8-10,12,14-16,19,22,25,28,31,33,35-50H2,1-2H3,(H,69,74)/b7-5-,13-11-,18-17-,21-20-,24-23-,27-26-,30-29-,34-32-. The fraction of sp³-hybridized carbons (Fsp3) is 0.750. The van der Waals surface area contributed by atoms with Gasteiger partial charge in [-0.05, 0) is 77.0 Å². The number of aliphatic hydroxyl groups excluding tert-OH is 11. The zero-order valence-electron chi connectivity index (χ0n) is 52.5. The lowest BCUT2D eigenvalue weighted by Crippen LogP contribution is -2.66. The highest BCUT2D eigenvalue weighted by Crippen LogP contribution is 2.33. The Balaban J connectivity index is 1.43. The Kier molecular flexibility index (Phi) is 44.3. The Morgan fingerprint density at radius 2 is 0.793 bits per heavy atom. The van der Waals surface area contributed by atoms with Gasteiger partial charge in [-0.1, -0.05) is 207 Å². The Hall–Kier alpha value is -3.29. The van der Waals surface area contributed by atoms with Gasteiger partial charge in [0.2, 0.25) is 5.91 Å². The second-order valence-electron chi connectivity index (χ2n) is 23.2. The van der Waals surface area contributed by atoms with E-state index in [0.717, 1.165) is 96.3 Å². The van der Waals surface area contributed by atoms with Crippen LogP contribution in [0.25, 0.3) is 0 Å². The molecule has 3 rings (SSSR count). The van der Waals surface area contributed by atoms with Gasteiger partial charge >= 0.3 is 0 Å². The van der Waals surface area contributed by atoms with Gasteiger partial charge in [0.1, 0.15) is 73.2 Å². The molecule has 0 aromatic carbocycles. The van der Waals surface area contributed by atoms with E-state index in [-0.39, 0.29) is 18.9 Å². The third-order valence-electron chi connectivity index (χ3n) is 15.9. The minimum absolute atomic E-state index is 0.230. The number of carbonyl (C=O) groups excluding carboxylic acids is 1. The van der Waals surface area contributed by atoms with Crippen LogP contribution >= 0.6 is 0 Å². The van der Waals surface area contributed by atoms with Crippen LogP contribution in [0.3, 0.4) is 0 Å². The molecule has 17 unspecified atom stereocenters. The second-order valence-corrected chi connectivity index (χ2v) is 23.2. The molecule has 17 atom stereocenters. The van der Waals surface area contributed by atoms with Crippen molar-refractivity contribution in [1.82, 2.24) is 5.32 Å². The molecule has 0 aliphatic carbocycles. The molecule has 0 aromatic heterocycles. The van der Waals surface area contributed by atoms with Crippen molar-refractivity contribution in [3.05, 3.63) is 97.2 Å². The monoisotopic (exact) mass is 1230 g/mol. The topological polar surface area (TPSA) is 307 Å². The van der Waals surface area contributed by atoms with E-state index < -0.39 is 124 Å². The smallest absolute Gasteiger partial charge is 0.220 e. The highest BCUT2D eigenvalue weighted by atomic mass is 16.8. The predicted octanol–water partition coefficient (Wildman–Crippen LogP) is 7.71. The highest BCUT2D eigenvalue weighted by molar-refractivity contribution is 5.76. The average molecular weight is 1230 g/mol. The molecular weight excluding hydrogens is 1120 g/mol. The van der Waals surface area contributed by atoms with Gasteiger partial charge < -0.3 is 89.9 Å². The summed E-state index contributed by atoms with van der Waals surface area (Å²) in [7, 11) is 0. The van der Waals surface area contributed by atoms with E-state index in [1.165, 1.54) is 57.8 Å². The molecule has 3 fully saturated rings. The summed E-state index contributed by atoms with van der Waals surface area (Å²) in [6, 6.07) is -0.907. The number of ether oxygens (including phenoxy) is 6. The van der Waals surface area contributed by atoms with E-state index in [4.69, 9.17) is 28.4 Å². The molecular formula is C68H115NO18. The fourth-order valence-electron chi connectivity index (χ4n) is 10.6. The van der Waals surface area contributed by atoms with Gasteiger partial charge in [-0.3, -0.25) is 4.79 Å². The van der Waals surface area contributed by atoms with Crippen LogP contribution in [-0.2, 0) is 33.2 Å². The maximum absolute atomic E-state index is 13.4. The largest absolute Gasteiger partial charge is 0.394 e. The number of rotatable bonds is 48. The number of carbonyl (C=O) groups is 1. The maximum Gasteiger partial charge on any atom is 0.220 e. The highest BCUT2D eigenvalue weighted by Gasteiger charge is 2.53. The summed E-state index contributed by atoms with van der Waals surface area (Å²) in [6.45, 7) is 1.63. The van der Waals surface area contributed by atoms with Crippen molar-refractivity contribution in [1.29, 1.82) is 0 Å². The number of aliphatic hydroxyl groups is 11. The molecule has 87 heavy (non-hydrogen) atoms. The number of amides is 1. The number of hydrogen-bond donors (Lipinski definition) is 12. The van der Waals surface area contributed by atoms with Crippen molar-refractivity contribution in [2.75, 3.05) is 26.4 Å². The lowest BCUT2D eigenvalue weighted by Gasteiger charge is -2.48. The molecule has 1 amide bonds. The van der Waals surface area contributed by atoms with Crippen LogP contribution in [0.5, 0.6) is 0 Å². The molecule has 0 bridgehead atoms. The van der Waals surface area contributed by atoms with Gasteiger partial charge in [-0.25, -0.2) is 0 Å². The van der Waals surface area contributed by atoms with Crippen molar-refractivity contribution < 1.29 is 89.4 Å². The second kappa shape index (κ2) is 49.4. The van der Waals surface area contributed by atoms with Crippen LogP contribution in [0.1, 0.15) is 194 Å². The van der Waals surface area contributed by atoms with E-state index >= 15 is 0 Å². The van der Waals surface area contributed by atoms with E-state index in [2.05, 4.69) is 116 Å². The van der Waals surface area contributed by atoms with Crippen LogP contribution in [0, 0.1) is 0 Å². The van der Waals surface area contributed by atoms with E-state index in [1.807, 2.05) is 0 Å². The molecule has 12 N–H and O–H groups in total. The van der Waals surface area contributed by atoms with Crippen LogP contribution in [0.4, 0.5) is 0 Å². The van der Waals surface area contributed by atoms with Crippen LogP contribution in [0.15, 0.2) is 97.2 Å². The zero-order chi connectivity index (χ0) is 63.3. The molecule has 3 heterocycles.